The molecule has 1 aromatic heterocycles. The van der Waals surface area contributed by atoms with Crippen LogP contribution in [0, 0.1) is 12.3 Å². The van der Waals surface area contributed by atoms with Crippen LogP contribution in [0.5, 0.6) is 0 Å². The number of hydrogen-bond acceptors (Lipinski definition) is 2. The summed E-state index contributed by atoms with van der Waals surface area (Å²) < 4.78 is 5.30. The summed E-state index contributed by atoms with van der Waals surface area (Å²) in [6.45, 7) is 3.89. The minimum absolute atomic E-state index is 0.229. The Labute approximate surface area is 89.9 Å². The number of terminal acetylenes is 1. The van der Waals surface area contributed by atoms with Gasteiger partial charge >= 0.3 is 0 Å². The fourth-order valence-electron chi connectivity index (χ4n) is 1.18. The molecule has 1 unspecified atom stereocenters. The average molecular weight is 205 g/mol. The maximum absolute atomic E-state index is 11.6. The molecule has 3 heteroatoms. The number of rotatable bonds is 4. The first-order valence-corrected chi connectivity index (χ1v) is 5.07. The van der Waals surface area contributed by atoms with Crippen molar-refractivity contribution in [3.63, 3.8) is 0 Å². The summed E-state index contributed by atoms with van der Waals surface area (Å²) in [7, 11) is 0. The standard InChI is InChI=1S/C12H15NO2/c1-4-9(5-2)13-12(14)11-8-7-10(6-3)15-11/h1,7-9H,5-6H2,2-3H3,(H,13,14). The quantitative estimate of drug-likeness (QED) is 0.764. The molecule has 0 aliphatic heterocycles. The molecular weight excluding hydrogens is 190 g/mol. The monoisotopic (exact) mass is 205 g/mol. The van der Waals surface area contributed by atoms with Crippen LogP contribution in [0.4, 0.5) is 0 Å². The van der Waals surface area contributed by atoms with Gasteiger partial charge in [0, 0.05) is 6.42 Å². The Morgan fingerprint density at radius 1 is 1.60 bits per heavy atom. The van der Waals surface area contributed by atoms with E-state index in [2.05, 4.69) is 11.2 Å². The molecule has 0 bridgehead atoms. The van der Waals surface area contributed by atoms with E-state index in [1.54, 1.807) is 12.1 Å². The third-order valence-electron chi connectivity index (χ3n) is 2.15. The van der Waals surface area contributed by atoms with Gasteiger partial charge in [0.15, 0.2) is 5.76 Å². The summed E-state index contributed by atoms with van der Waals surface area (Å²) in [5.41, 5.74) is 0. The van der Waals surface area contributed by atoms with Crippen molar-refractivity contribution in [3.05, 3.63) is 23.7 Å². The molecule has 1 N–H and O–H groups in total. The fraction of sp³-hybridized carbons (Fsp3) is 0.417. The van der Waals surface area contributed by atoms with E-state index < -0.39 is 0 Å². The summed E-state index contributed by atoms with van der Waals surface area (Å²) >= 11 is 0. The van der Waals surface area contributed by atoms with Crippen molar-refractivity contribution >= 4 is 5.91 Å². The number of furan rings is 1. The van der Waals surface area contributed by atoms with Crippen LogP contribution in [0.1, 0.15) is 36.6 Å². The van der Waals surface area contributed by atoms with Crippen LogP contribution in [0.15, 0.2) is 16.5 Å². The smallest absolute Gasteiger partial charge is 0.287 e. The number of amides is 1. The van der Waals surface area contributed by atoms with E-state index in [0.29, 0.717) is 12.2 Å². The minimum Gasteiger partial charge on any atom is -0.456 e. The molecule has 0 radical (unpaired) electrons. The molecule has 0 aromatic carbocycles. The third-order valence-corrected chi connectivity index (χ3v) is 2.15. The van der Waals surface area contributed by atoms with E-state index >= 15 is 0 Å². The van der Waals surface area contributed by atoms with Gasteiger partial charge in [-0.3, -0.25) is 4.79 Å². The lowest BCUT2D eigenvalue weighted by Gasteiger charge is -2.08. The molecule has 0 saturated heterocycles. The number of carbonyl (C=O) groups excluding carboxylic acids is 1. The van der Waals surface area contributed by atoms with E-state index in [0.717, 1.165) is 12.2 Å². The highest BCUT2D eigenvalue weighted by Gasteiger charge is 2.13. The average Bonchev–Trinajstić information content (AvgIpc) is 2.74. The lowest BCUT2D eigenvalue weighted by Crippen LogP contribution is -2.32. The number of aryl methyl sites for hydroxylation is 1. The molecule has 1 heterocycles. The van der Waals surface area contributed by atoms with Crippen LogP contribution < -0.4 is 5.32 Å². The SMILES string of the molecule is C#CC(CC)NC(=O)c1ccc(CC)o1. The Morgan fingerprint density at radius 2 is 2.33 bits per heavy atom. The molecule has 3 nitrogen and oxygen atoms in total. The Morgan fingerprint density at radius 3 is 2.80 bits per heavy atom. The van der Waals surface area contributed by atoms with Gasteiger partial charge in [0.1, 0.15) is 5.76 Å². The molecule has 1 aromatic rings. The largest absolute Gasteiger partial charge is 0.456 e. The van der Waals surface area contributed by atoms with E-state index in [1.807, 2.05) is 13.8 Å². The van der Waals surface area contributed by atoms with Crippen LogP contribution in [-0.4, -0.2) is 11.9 Å². The predicted octanol–water partition coefficient (Wildman–Crippen LogP) is 1.98. The highest BCUT2D eigenvalue weighted by Crippen LogP contribution is 2.08. The van der Waals surface area contributed by atoms with Gasteiger partial charge in [-0.05, 0) is 18.6 Å². The number of hydrogen-bond donors (Lipinski definition) is 1. The van der Waals surface area contributed by atoms with Gasteiger partial charge in [-0.25, -0.2) is 0 Å². The van der Waals surface area contributed by atoms with Crippen molar-refractivity contribution in [2.75, 3.05) is 0 Å². The van der Waals surface area contributed by atoms with Gasteiger partial charge in [-0.15, -0.1) is 6.42 Å². The Kier molecular flexibility index (Phi) is 3.99. The van der Waals surface area contributed by atoms with Crippen LogP contribution in [0.3, 0.4) is 0 Å². The predicted molar refractivity (Wildman–Crippen MR) is 58.5 cm³/mol. The van der Waals surface area contributed by atoms with Crippen molar-refractivity contribution in [3.8, 4) is 12.3 Å². The van der Waals surface area contributed by atoms with Crippen LogP contribution in [0.25, 0.3) is 0 Å². The first-order valence-electron chi connectivity index (χ1n) is 5.07. The zero-order valence-corrected chi connectivity index (χ0v) is 9.04. The molecule has 0 aliphatic rings. The third kappa shape index (κ3) is 2.88. The van der Waals surface area contributed by atoms with Gasteiger partial charge < -0.3 is 9.73 Å². The second-order valence-corrected chi connectivity index (χ2v) is 3.22. The lowest BCUT2D eigenvalue weighted by atomic mass is 10.2. The maximum atomic E-state index is 11.6. The second kappa shape index (κ2) is 5.26. The minimum atomic E-state index is -0.250. The van der Waals surface area contributed by atoms with Crippen molar-refractivity contribution in [2.45, 2.75) is 32.7 Å². The van der Waals surface area contributed by atoms with E-state index in [-0.39, 0.29) is 11.9 Å². The summed E-state index contributed by atoms with van der Waals surface area (Å²) in [6, 6.07) is 3.23. The summed E-state index contributed by atoms with van der Waals surface area (Å²) in [4.78, 5) is 11.6. The van der Waals surface area contributed by atoms with Gasteiger partial charge in [0.05, 0.1) is 6.04 Å². The first-order chi connectivity index (χ1) is 7.21. The Balaban J connectivity index is 2.65. The molecule has 1 amide bonds. The molecule has 0 spiro atoms. The summed E-state index contributed by atoms with van der Waals surface area (Å²) in [6.07, 6.45) is 6.73. The highest BCUT2D eigenvalue weighted by molar-refractivity contribution is 5.91. The molecule has 1 atom stereocenters. The second-order valence-electron chi connectivity index (χ2n) is 3.22. The van der Waals surface area contributed by atoms with E-state index in [9.17, 15) is 4.79 Å². The molecule has 0 fully saturated rings. The first kappa shape index (κ1) is 11.4. The zero-order valence-electron chi connectivity index (χ0n) is 9.04. The van der Waals surface area contributed by atoms with Crippen molar-refractivity contribution in [2.24, 2.45) is 0 Å². The zero-order chi connectivity index (χ0) is 11.3. The molecule has 0 saturated carbocycles. The van der Waals surface area contributed by atoms with Crippen LogP contribution in [0.2, 0.25) is 0 Å². The normalized spacial score (nSPS) is 11.8. The van der Waals surface area contributed by atoms with Gasteiger partial charge in [0.25, 0.3) is 5.91 Å². The number of nitrogens with one attached hydrogen (secondary N) is 1. The van der Waals surface area contributed by atoms with E-state index in [4.69, 9.17) is 10.8 Å². The Hall–Kier alpha value is -1.69. The lowest BCUT2D eigenvalue weighted by molar-refractivity contribution is 0.0915. The van der Waals surface area contributed by atoms with Crippen molar-refractivity contribution in [1.82, 2.24) is 5.32 Å². The molecule has 80 valence electrons. The van der Waals surface area contributed by atoms with Gasteiger partial charge in [-0.2, -0.15) is 0 Å². The van der Waals surface area contributed by atoms with Crippen LogP contribution >= 0.6 is 0 Å². The molecule has 0 aliphatic carbocycles. The van der Waals surface area contributed by atoms with Gasteiger partial charge in [-0.1, -0.05) is 19.8 Å². The van der Waals surface area contributed by atoms with Crippen molar-refractivity contribution < 1.29 is 9.21 Å². The molecule has 15 heavy (non-hydrogen) atoms. The fourth-order valence-corrected chi connectivity index (χ4v) is 1.18. The molecular formula is C12H15NO2. The van der Waals surface area contributed by atoms with Gasteiger partial charge in [0.2, 0.25) is 0 Å². The van der Waals surface area contributed by atoms with Crippen molar-refractivity contribution in [1.29, 1.82) is 0 Å². The topological polar surface area (TPSA) is 42.2 Å². The maximum Gasteiger partial charge on any atom is 0.287 e. The number of carbonyl (C=O) groups is 1. The summed E-state index contributed by atoms with van der Waals surface area (Å²) in [5, 5.41) is 2.70. The molecule has 1 rings (SSSR count). The van der Waals surface area contributed by atoms with Crippen LogP contribution in [-0.2, 0) is 6.42 Å². The Bertz CT molecular complexity index is 373. The summed E-state index contributed by atoms with van der Waals surface area (Å²) in [5.74, 6) is 3.37. The van der Waals surface area contributed by atoms with E-state index in [1.165, 1.54) is 0 Å². The highest BCUT2D eigenvalue weighted by atomic mass is 16.3.